The van der Waals surface area contributed by atoms with Gasteiger partial charge in [0.2, 0.25) is 12.2 Å². The summed E-state index contributed by atoms with van der Waals surface area (Å²) >= 11 is 0. The average molecular weight is 289 g/mol. The van der Waals surface area contributed by atoms with Crippen molar-refractivity contribution in [2.24, 2.45) is 0 Å². The van der Waals surface area contributed by atoms with Crippen LogP contribution in [0.1, 0.15) is 27.7 Å². The Morgan fingerprint density at radius 3 is 2.10 bits per heavy atom. The lowest BCUT2D eigenvalue weighted by molar-refractivity contribution is -0.257. The Hall–Kier alpha value is -1.67. The monoisotopic (exact) mass is 289 g/mol. The van der Waals surface area contributed by atoms with E-state index in [1.54, 1.807) is 6.92 Å². The molecule has 8 heteroatoms. The summed E-state index contributed by atoms with van der Waals surface area (Å²) in [5.41, 5.74) is 0. The molecule has 1 aliphatic heterocycles. The molecule has 20 heavy (non-hydrogen) atoms. The number of rotatable bonds is 3. The first-order chi connectivity index (χ1) is 9.22. The topological polar surface area (TPSA) is 111 Å². The molecule has 0 aromatic heterocycles. The largest absolute Gasteiger partial charge is 0.457 e. The van der Waals surface area contributed by atoms with Crippen LogP contribution in [0.2, 0.25) is 0 Å². The van der Waals surface area contributed by atoms with E-state index in [0.29, 0.717) is 0 Å². The SMILES string of the molecule is CC(=O)N[C@H]1C(OC(C)=O)O[C@H](C)[C@H](O)[C@@H]1OC(C)=O. The van der Waals surface area contributed by atoms with Crippen LogP contribution in [0.25, 0.3) is 0 Å². The summed E-state index contributed by atoms with van der Waals surface area (Å²) in [6.07, 6.45) is -4.08. The maximum atomic E-state index is 11.2. The molecule has 1 amide bonds. The van der Waals surface area contributed by atoms with Gasteiger partial charge in [0.1, 0.15) is 12.1 Å². The lowest BCUT2D eigenvalue weighted by atomic mass is 9.97. The molecule has 1 rings (SSSR count). The Kier molecular flexibility index (Phi) is 5.46. The van der Waals surface area contributed by atoms with E-state index < -0.39 is 48.5 Å². The van der Waals surface area contributed by atoms with E-state index in [1.165, 1.54) is 20.8 Å². The van der Waals surface area contributed by atoms with E-state index in [4.69, 9.17) is 14.2 Å². The molecule has 0 bridgehead atoms. The number of esters is 2. The van der Waals surface area contributed by atoms with Crippen LogP contribution < -0.4 is 5.32 Å². The van der Waals surface area contributed by atoms with Gasteiger partial charge in [-0.25, -0.2) is 0 Å². The van der Waals surface area contributed by atoms with Gasteiger partial charge < -0.3 is 24.6 Å². The van der Waals surface area contributed by atoms with Crippen LogP contribution in [0.4, 0.5) is 0 Å². The molecule has 1 unspecified atom stereocenters. The number of amides is 1. The van der Waals surface area contributed by atoms with E-state index in [9.17, 15) is 19.5 Å². The number of hydrogen-bond donors (Lipinski definition) is 2. The summed E-state index contributed by atoms with van der Waals surface area (Å²) in [5, 5.41) is 12.5. The number of carbonyl (C=O) groups excluding carboxylic acids is 3. The molecule has 5 atom stereocenters. The first-order valence-corrected chi connectivity index (χ1v) is 6.17. The van der Waals surface area contributed by atoms with Crippen molar-refractivity contribution in [1.82, 2.24) is 5.32 Å². The highest BCUT2D eigenvalue weighted by Crippen LogP contribution is 2.24. The zero-order chi connectivity index (χ0) is 15.4. The number of hydrogen-bond acceptors (Lipinski definition) is 7. The van der Waals surface area contributed by atoms with Crippen molar-refractivity contribution in [2.45, 2.75) is 58.3 Å². The highest BCUT2D eigenvalue weighted by Gasteiger charge is 2.47. The Bertz CT molecular complexity index is 397. The highest BCUT2D eigenvalue weighted by atomic mass is 16.7. The van der Waals surface area contributed by atoms with E-state index in [2.05, 4.69) is 5.32 Å². The number of carbonyl (C=O) groups is 3. The molecular weight excluding hydrogens is 270 g/mol. The molecule has 0 aliphatic carbocycles. The molecule has 0 radical (unpaired) electrons. The predicted octanol–water partition coefficient (Wildman–Crippen LogP) is -0.908. The Morgan fingerprint density at radius 1 is 1.10 bits per heavy atom. The van der Waals surface area contributed by atoms with Gasteiger partial charge >= 0.3 is 11.9 Å². The maximum absolute atomic E-state index is 11.2. The van der Waals surface area contributed by atoms with Crippen molar-refractivity contribution in [3.8, 4) is 0 Å². The minimum absolute atomic E-state index is 0.436. The standard InChI is InChI=1S/C12H19NO7/c1-5-10(17)11(19-7(3)15)9(13-6(2)14)12(18-5)20-8(4)16/h5,9-12,17H,1-4H3,(H,13,14)/t5-,9-,10+,11-,12?/m1/s1. The molecule has 2 N–H and O–H groups in total. The molecule has 1 saturated heterocycles. The van der Waals surface area contributed by atoms with Crippen molar-refractivity contribution < 1.29 is 33.7 Å². The van der Waals surface area contributed by atoms with E-state index in [0.717, 1.165) is 0 Å². The van der Waals surface area contributed by atoms with Crippen molar-refractivity contribution in [1.29, 1.82) is 0 Å². The van der Waals surface area contributed by atoms with Crippen LogP contribution in [0.15, 0.2) is 0 Å². The van der Waals surface area contributed by atoms with Crippen LogP contribution in [-0.2, 0) is 28.6 Å². The molecule has 0 aromatic carbocycles. The molecule has 1 aliphatic rings. The van der Waals surface area contributed by atoms with Crippen molar-refractivity contribution in [2.75, 3.05) is 0 Å². The summed E-state index contributed by atoms with van der Waals surface area (Å²) in [6.45, 7) is 5.16. The average Bonchev–Trinajstić information content (AvgIpc) is 2.28. The third-order valence-corrected chi connectivity index (χ3v) is 2.77. The first kappa shape index (κ1) is 16.4. The molecule has 1 heterocycles. The van der Waals surface area contributed by atoms with Crippen LogP contribution >= 0.6 is 0 Å². The van der Waals surface area contributed by atoms with E-state index in [1.807, 2.05) is 0 Å². The fourth-order valence-electron chi connectivity index (χ4n) is 2.00. The summed E-state index contributed by atoms with van der Waals surface area (Å²) in [4.78, 5) is 33.4. The maximum Gasteiger partial charge on any atom is 0.305 e. The number of nitrogens with one attached hydrogen (secondary N) is 1. The van der Waals surface area contributed by atoms with Gasteiger partial charge in [0, 0.05) is 20.8 Å². The van der Waals surface area contributed by atoms with E-state index >= 15 is 0 Å². The predicted molar refractivity (Wildman–Crippen MR) is 65.3 cm³/mol. The van der Waals surface area contributed by atoms with E-state index in [-0.39, 0.29) is 0 Å². The molecule has 114 valence electrons. The summed E-state index contributed by atoms with van der Waals surface area (Å²) in [5.74, 6) is -1.68. The summed E-state index contributed by atoms with van der Waals surface area (Å²) < 4.78 is 15.3. The summed E-state index contributed by atoms with van der Waals surface area (Å²) in [6, 6.07) is -0.980. The fraction of sp³-hybridized carbons (Fsp3) is 0.750. The third-order valence-electron chi connectivity index (χ3n) is 2.77. The number of aliphatic hydroxyl groups excluding tert-OH is 1. The lowest BCUT2D eigenvalue weighted by Gasteiger charge is -2.42. The van der Waals surface area contributed by atoms with Gasteiger partial charge in [-0.15, -0.1) is 0 Å². The minimum Gasteiger partial charge on any atom is -0.457 e. The van der Waals surface area contributed by atoms with Gasteiger partial charge in [-0.1, -0.05) is 0 Å². The second-order valence-corrected chi connectivity index (χ2v) is 4.61. The van der Waals surface area contributed by atoms with Crippen LogP contribution in [-0.4, -0.2) is 53.6 Å². The Balaban J connectivity index is 3.00. The van der Waals surface area contributed by atoms with Gasteiger partial charge in [-0.05, 0) is 6.92 Å². The Labute approximate surface area is 116 Å². The van der Waals surface area contributed by atoms with Gasteiger partial charge in [0.25, 0.3) is 0 Å². The summed E-state index contributed by atoms with van der Waals surface area (Å²) in [7, 11) is 0. The molecule has 8 nitrogen and oxygen atoms in total. The van der Waals surface area contributed by atoms with Crippen molar-refractivity contribution in [3.63, 3.8) is 0 Å². The Morgan fingerprint density at radius 2 is 1.65 bits per heavy atom. The molecular formula is C12H19NO7. The molecule has 1 fully saturated rings. The highest BCUT2D eigenvalue weighted by molar-refractivity contribution is 5.73. The molecule has 0 aromatic rings. The zero-order valence-corrected chi connectivity index (χ0v) is 11.8. The quantitative estimate of drug-likeness (QED) is 0.647. The normalized spacial score (nSPS) is 33.1. The van der Waals surface area contributed by atoms with Crippen molar-refractivity contribution >= 4 is 17.8 Å². The van der Waals surface area contributed by atoms with Crippen molar-refractivity contribution in [3.05, 3.63) is 0 Å². The van der Waals surface area contributed by atoms with Gasteiger partial charge in [-0.3, -0.25) is 14.4 Å². The lowest BCUT2D eigenvalue weighted by Crippen LogP contribution is -2.64. The third kappa shape index (κ3) is 4.17. The second kappa shape index (κ2) is 6.67. The van der Waals surface area contributed by atoms with Crippen LogP contribution in [0.3, 0.4) is 0 Å². The second-order valence-electron chi connectivity index (χ2n) is 4.61. The van der Waals surface area contributed by atoms with Gasteiger partial charge in [-0.2, -0.15) is 0 Å². The van der Waals surface area contributed by atoms with Crippen LogP contribution in [0, 0.1) is 0 Å². The number of ether oxygens (including phenoxy) is 3. The van der Waals surface area contributed by atoms with Crippen LogP contribution in [0.5, 0.6) is 0 Å². The van der Waals surface area contributed by atoms with Gasteiger partial charge in [0.05, 0.1) is 6.10 Å². The first-order valence-electron chi connectivity index (χ1n) is 6.17. The molecule has 0 spiro atoms. The number of aliphatic hydroxyl groups is 1. The smallest absolute Gasteiger partial charge is 0.305 e. The minimum atomic E-state index is -1.15. The molecule has 0 saturated carbocycles. The van der Waals surface area contributed by atoms with Gasteiger partial charge in [0.15, 0.2) is 6.10 Å². The zero-order valence-electron chi connectivity index (χ0n) is 11.8. The fourth-order valence-corrected chi connectivity index (χ4v) is 2.00.